The summed E-state index contributed by atoms with van der Waals surface area (Å²) in [6, 6.07) is 13.4. The predicted molar refractivity (Wildman–Crippen MR) is 84.3 cm³/mol. The third-order valence-electron chi connectivity index (χ3n) is 3.82. The smallest absolute Gasteiger partial charge is 0.251 e. The van der Waals surface area contributed by atoms with E-state index >= 15 is 0 Å². The molecule has 0 radical (unpaired) electrons. The SMILES string of the molecule is CC(NC(=O)c1ccc2c(c1)CNC2)c1ccc(Cl)cc1. The summed E-state index contributed by atoms with van der Waals surface area (Å²) in [6.07, 6.45) is 0. The Hall–Kier alpha value is -1.84. The minimum Gasteiger partial charge on any atom is -0.346 e. The molecule has 1 aliphatic heterocycles. The summed E-state index contributed by atoms with van der Waals surface area (Å²) in [5.74, 6) is -0.0489. The molecule has 4 heteroatoms. The van der Waals surface area contributed by atoms with Crippen molar-refractivity contribution in [1.82, 2.24) is 10.6 Å². The largest absolute Gasteiger partial charge is 0.346 e. The number of carbonyl (C=O) groups is 1. The number of hydrogen-bond donors (Lipinski definition) is 2. The molecule has 2 aromatic carbocycles. The maximum Gasteiger partial charge on any atom is 0.251 e. The number of fused-ring (bicyclic) bond motifs is 1. The molecule has 3 rings (SSSR count). The molecule has 0 saturated carbocycles. The van der Waals surface area contributed by atoms with Gasteiger partial charge in [0.1, 0.15) is 0 Å². The Kier molecular flexibility index (Phi) is 3.95. The van der Waals surface area contributed by atoms with Crippen LogP contribution in [-0.2, 0) is 13.1 Å². The van der Waals surface area contributed by atoms with Crippen molar-refractivity contribution in [1.29, 1.82) is 0 Å². The fourth-order valence-electron chi connectivity index (χ4n) is 2.55. The Morgan fingerprint density at radius 1 is 1.14 bits per heavy atom. The average molecular weight is 301 g/mol. The quantitative estimate of drug-likeness (QED) is 0.912. The minimum absolute atomic E-state index is 0.0489. The van der Waals surface area contributed by atoms with Gasteiger partial charge in [0.25, 0.3) is 5.91 Å². The van der Waals surface area contributed by atoms with E-state index in [2.05, 4.69) is 10.6 Å². The Morgan fingerprint density at radius 2 is 1.86 bits per heavy atom. The molecule has 1 aliphatic rings. The summed E-state index contributed by atoms with van der Waals surface area (Å²) in [5.41, 5.74) is 4.23. The lowest BCUT2D eigenvalue weighted by atomic mass is 10.0. The van der Waals surface area contributed by atoms with Gasteiger partial charge in [-0.05, 0) is 47.9 Å². The van der Waals surface area contributed by atoms with Crippen LogP contribution < -0.4 is 10.6 Å². The Bertz CT molecular complexity index is 667. The van der Waals surface area contributed by atoms with Crippen LogP contribution in [0.15, 0.2) is 42.5 Å². The molecule has 0 spiro atoms. The maximum atomic E-state index is 12.3. The van der Waals surface area contributed by atoms with E-state index in [0.29, 0.717) is 10.6 Å². The van der Waals surface area contributed by atoms with Crippen LogP contribution in [0.4, 0.5) is 0 Å². The fourth-order valence-corrected chi connectivity index (χ4v) is 2.68. The van der Waals surface area contributed by atoms with Crippen molar-refractivity contribution in [2.24, 2.45) is 0 Å². The van der Waals surface area contributed by atoms with E-state index in [9.17, 15) is 4.79 Å². The molecule has 2 N–H and O–H groups in total. The predicted octanol–water partition coefficient (Wildman–Crippen LogP) is 3.43. The number of carbonyl (C=O) groups excluding carboxylic acids is 1. The van der Waals surface area contributed by atoms with Crippen LogP contribution in [0.1, 0.15) is 40.0 Å². The van der Waals surface area contributed by atoms with Crippen LogP contribution in [0.3, 0.4) is 0 Å². The molecule has 0 fully saturated rings. The topological polar surface area (TPSA) is 41.1 Å². The lowest BCUT2D eigenvalue weighted by Gasteiger charge is -2.15. The Labute approximate surface area is 129 Å². The van der Waals surface area contributed by atoms with E-state index in [0.717, 1.165) is 18.7 Å². The maximum absolute atomic E-state index is 12.3. The van der Waals surface area contributed by atoms with Gasteiger partial charge < -0.3 is 10.6 Å². The van der Waals surface area contributed by atoms with E-state index in [1.807, 2.05) is 49.4 Å². The van der Waals surface area contributed by atoms with Gasteiger partial charge >= 0.3 is 0 Å². The van der Waals surface area contributed by atoms with Crippen molar-refractivity contribution in [3.63, 3.8) is 0 Å². The highest BCUT2D eigenvalue weighted by Gasteiger charge is 2.15. The molecular formula is C17H17ClN2O. The van der Waals surface area contributed by atoms with Crippen molar-refractivity contribution >= 4 is 17.5 Å². The lowest BCUT2D eigenvalue weighted by molar-refractivity contribution is 0.0940. The molecule has 1 unspecified atom stereocenters. The molecule has 21 heavy (non-hydrogen) atoms. The summed E-state index contributed by atoms with van der Waals surface area (Å²) < 4.78 is 0. The first-order valence-corrected chi connectivity index (χ1v) is 7.40. The highest BCUT2D eigenvalue weighted by Crippen LogP contribution is 2.19. The Morgan fingerprint density at radius 3 is 2.62 bits per heavy atom. The van der Waals surface area contributed by atoms with Crippen LogP contribution >= 0.6 is 11.6 Å². The van der Waals surface area contributed by atoms with Crippen molar-refractivity contribution < 1.29 is 4.79 Å². The summed E-state index contributed by atoms with van der Waals surface area (Å²) in [5, 5.41) is 7.00. The molecule has 108 valence electrons. The van der Waals surface area contributed by atoms with Crippen LogP contribution in [0, 0.1) is 0 Å². The number of nitrogens with one attached hydrogen (secondary N) is 2. The fraction of sp³-hybridized carbons (Fsp3) is 0.235. The number of hydrogen-bond acceptors (Lipinski definition) is 2. The zero-order valence-corrected chi connectivity index (χ0v) is 12.6. The molecule has 1 amide bonds. The zero-order chi connectivity index (χ0) is 14.8. The Balaban J connectivity index is 1.72. The van der Waals surface area contributed by atoms with Gasteiger partial charge in [-0.25, -0.2) is 0 Å². The van der Waals surface area contributed by atoms with E-state index in [4.69, 9.17) is 11.6 Å². The third-order valence-corrected chi connectivity index (χ3v) is 4.07. The number of rotatable bonds is 3. The van der Waals surface area contributed by atoms with Gasteiger partial charge in [-0.15, -0.1) is 0 Å². The number of benzene rings is 2. The molecule has 0 bridgehead atoms. The van der Waals surface area contributed by atoms with Gasteiger partial charge in [-0.2, -0.15) is 0 Å². The molecule has 1 heterocycles. The first-order valence-electron chi connectivity index (χ1n) is 7.02. The van der Waals surface area contributed by atoms with E-state index in [1.54, 1.807) is 0 Å². The summed E-state index contributed by atoms with van der Waals surface area (Å²) in [7, 11) is 0. The summed E-state index contributed by atoms with van der Waals surface area (Å²) >= 11 is 5.88. The highest BCUT2D eigenvalue weighted by atomic mass is 35.5. The van der Waals surface area contributed by atoms with Crippen LogP contribution in [0.25, 0.3) is 0 Å². The molecule has 2 aromatic rings. The molecule has 3 nitrogen and oxygen atoms in total. The van der Waals surface area contributed by atoms with E-state index < -0.39 is 0 Å². The molecule has 0 aliphatic carbocycles. The molecule has 1 atom stereocenters. The minimum atomic E-state index is -0.0545. The van der Waals surface area contributed by atoms with Crippen LogP contribution in [0.2, 0.25) is 5.02 Å². The third kappa shape index (κ3) is 3.09. The van der Waals surface area contributed by atoms with Crippen molar-refractivity contribution in [2.75, 3.05) is 0 Å². The van der Waals surface area contributed by atoms with E-state index in [1.165, 1.54) is 11.1 Å². The van der Waals surface area contributed by atoms with Crippen molar-refractivity contribution in [2.45, 2.75) is 26.1 Å². The second-order valence-electron chi connectivity index (χ2n) is 5.33. The van der Waals surface area contributed by atoms with Gasteiger partial charge in [0.15, 0.2) is 0 Å². The lowest BCUT2D eigenvalue weighted by Crippen LogP contribution is -2.26. The molecule has 0 aromatic heterocycles. The van der Waals surface area contributed by atoms with Crippen molar-refractivity contribution in [3.8, 4) is 0 Å². The highest BCUT2D eigenvalue weighted by molar-refractivity contribution is 6.30. The van der Waals surface area contributed by atoms with Gasteiger partial charge in [-0.1, -0.05) is 29.8 Å². The summed E-state index contributed by atoms with van der Waals surface area (Å²) in [4.78, 5) is 12.3. The van der Waals surface area contributed by atoms with E-state index in [-0.39, 0.29) is 11.9 Å². The number of amides is 1. The number of halogens is 1. The monoisotopic (exact) mass is 300 g/mol. The average Bonchev–Trinajstić information content (AvgIpc) is 2.95. The zero-order valence-electron chi connectivity index (χ0n) is 11.8. The van der Waals surface area contributed by atoms with Gasteiger partial charge in [0.05, 0.1) is 6.04 Å². The van der Waals surface area contributed by atoms with Crippen molar-refractivity contribution in [3.05, 3.63) is 69.7 Å². The van der Waals surface area contributed by atoms with Gasteiger partial charge in [0, 0.05) is 23.7 Å². The normalized spacial score (nSPS) is 14.6. The first-order chi connectivity index (χ1) is 10.1. The second kappa shape index (κ2) is 5.88. The van der Waals surface area contributed by atoms with Crippen LogP contribution in [-0.4, -0.2) is 5.91 Å². The standard InChI is InChI=1S/C17H17ClN2O/c1-11(12-4-6-16(18)7-5-12)20-17(21)13-2-3-14-9-19-10-15(14)8-13/h2-8,11,19H,9-10H2,1H3,(H,20,21). The van der Waals surface area contributed by atoms with Gasteiger partial charge in [0.2, 0.25) is 0 Å². The first kappa shape index (κ1) is 14.1. The molecule has 0 saturated heterocycles. The van der Waals surface area contributed by atoms with Crippen LogP contribution in [0.5, 0.6) is 0 Å². The second-order valence-corrected chi connectivity index (χ2v) is 5.77. The summed E-state index contributed by atoms with van der Waals surface area (Å²) in [6.45, 7) is 3.69. The van der Waals surface area contributed by atoms with Gasteiger partial charge in [-0.3, -0.25) is 4.79 Å². The molecular weight excluding hydrogens is 284 g/mol.